The number of nitrogens with zero attached hydrogens (tertiary/aromatic N) is 4. The molecule has 160 valence electrons. The molecule has 0 saturated heterocycles. The van der Waals surface area contributed by atoms with Crippen LogP contribution in [0, 0.1) is 13.8 Å². The van der Waals surface area contributed by atoms with E-state index in [1.54, 1.807) is 11.6 Å². The van der Waals surface area contributed by atoms with Crippen molar-refractivity contribution in [3.63, 3.8) is 0 Å². The van der Waals surface area contributed by atoms with Crippen LogP contribution in [0.3, 0.4) is 0 Å². The van der Waals surface area contributed by atoms with Crippen molar-refractivity contribution in [2.45, 2.75) is 24.8 Å². The molecule has 0 aliphatic heterocycles. The van der Waals surface area contributed by atoms with E-state index in [1.165, 1.54) is 34.2 Å². The second-order valence-electron chi connectivity index (χ2n) is 7.72. The van der Waals surface area contributed by atoms with Gasteiger partial charge < -0.3 is 5.73 Å². The van der Waals surface area contributed by atoms with Crippen LogP contribution in [0.25, 0.3) is 32.2 Å². The number of hydrogen-bond acceptors (Lipinski definition) is 7. The molecule has 6 nitrogen and oxygen atoms in total. The summed E-state index contributed by atoms with van der Waals surface area (Å²) in [6.45, 7) is 4.17. The lowest BCUT2D eigenvalue weighted by molar-refractivity contribution is 0.727. The Balaban J connectivity index is 1.50. The number of benzene rings is 2. The third kappa shape index (κ3) is 3.55. The molecule has 3 heterocycles. The van der Waals surface area contributed by atoms with Crippen LogP contribution in [-0.4, -0.2) is 19.5 Å². The highest BCUT2D eigenvalue weighted by molar-refractivity contribution is 7.98. The minimum absolute atomic E-state index is 0.0501. The summed E-state index contributed by atoms with van der Waals surface area (Å²) in [7, 11) is 1.76. The summed E-state index contributed by atoms with van der Waals surface area (Å²) in [6.07, 6.45) is 0. The molecule has 5 aromatic rings. The molecule has 0 aliphatic rings. The van der Waals surface area contributed by atoms with Gasteiger partial charge in [-0.3, -0.25) is 9.36 Å². The van der Waals surface area contributed by atoms with Gasteiger partial charge in [-0.05, 0) is 42.7 Å². The zero-order valence-corrected chi connectivity index (χ0v) is 19.5. The SMILES string of the molecule is Cc1ccc(-c2csc3nc(SCc4nc(N)c5ccccc5n4)n(C)c(=O)c23)cc1C. The highest BCUT2D eigenvalue weighted by Gasteiger charge is 2.17. The predicted molar refractivity (Wildman–Crippen MR) is 133 cm³/mol. The minimum atomic E-state index is -0.0501. The predicted octanol–water partition coefficient (Wildman–Crippen LogP) is 5.10. The zero-order valence-electron chi connectivity index (χ0n) is 17.9. The lowest BCUT2D eigenvalue weighted by Crippen LogP contribution is -2.19. The molecule has 2 N–H and O–H groups in total. The number of thioether (sulfide) groups is 1. The fourth-order valence-corrected chi connectivity index (χ4v) is 5.46. The van der Waals surface area contributed by atoms with Gasteiger partial charge in [-0.2, -0.15) is 0 Å². The second-order valence-corrected chi connectivity index (χ2v) is 9.52. The van der Waals surface area contributed by atoms with E-state index >= 15 is 0 Å². The summed E-state index contributed by atoms with van der Waals surface area (Å²) in [5.74, 6) is 1.54. The molecule has 0 atom stereocenters. The Labute approximate surface area is 193 Å². The van der Waals surface area contributed by atoms with Crippen LogP contribution in [0.4, 0.5) is 5.82 Å². The van der Waals surface area contributed by atoms with E-state index in [4.69, 9.17) is 10.7 Å². The molecule has 2 aromatic carbocycles. The van der Waals surface area contributed by atoms with Gasteiger partial charge in [0.15, 0.2) is 5.16 Å². The summed E-state index contributed by atoms with van der Waals surface area (Å²) in [5, 5.41) is 4.15. The Kier molecular flexibility index (Phi) is 5.19. The molecule has 8 heteroatoms. The topological polar surface area (TPSA) is 86.7 Å². The van der Waals surface area contributed by atoms with Crippen molar-refractivity contribution in [1.82, 2.24) is 19.5 Å². The Bertz CT molecular complexity index is 1550. The number of rotatable bonds is 4. The van der Waals surface area contributed by atoms with Crippen molar-refractivity contribution in [2.24, 2.45) is 7.05 Å². The monoisotopic (exact) mass is 459 g/mol. The quantitative estimate of drug-likeness (QED) is 0.297. The molecule has 0 radical (unpaired) electrons. The minimum Gasteiger partial charge on any atom is -0.383 e. The fourth-order valence-electron chi connectivity index (χ4n) is 3.65. The maximum absolute atomic E-state index is 13.3. The molecule has 0 spiro atoms. The maximum Gasteiger partial charge on any atom is 0.263 e. The third-order valence-corrected chi connectivity index (χ3v) is 7.50. The molecule has 3 aromatic heterocycles. The van der Waals surface area contributed by atoms with Gasteiger partial charge in [0, 0.05) is 23.4 Å². The second kappa shape index (κ2) is 8.03. The first kappa shape index (κ1) is 20.7. The Morgan fingerprint density at radius 3 is 2.69 bits per heavy atom. The van der Waals surface area contributed by atoms with Crippen LogP contribution in [0.5, 0.6) is 0 Å². The molecular formula is C24H21N5OS2. The van der Waals surface area contributed by atoms with E-state index in [1.807, 2.05) is 29.6 Å². The first-order chi connectivity index (χ1) is 15.4. The van der Waals surface area contributed by atoms with Crippen LogP contribution >= 0.6 is 23.1 Å². The summed E-state index contributed by atoms with van der Waals surface area (Å²) in [4.78, 5) is 27.8. The number of thiophene rings is 1. The van der Waals surface area contributed by atoms with E-state index in [-0.39, 0.29) is 5.56 Å². The molecule has 0 unspecified atom stereocenters. The van der Waals surface area contributed by atoms with Crippen molar-refractivity contribution in [3.8, 4) is 11.1 Å². The van der Waals surface area contributed by atoms with E-state index in [0.29, 0.717) is 27.9 Å². The molecule has 0 bridgehead atoms. The zero-order chi connectivity index (χ0) is 22.4. The fraction of sp³-hybridized carbons (Fsp3) is 0.167. The number of aryl methyl sites for hydroxylation is 2. The van der Waals surface area contributed by atoms with Crippen LogP contribution in [-0.2, 0) is 12.8 Å². The van der Waals surface area contributed by atoms with Crippen molar-refractivity contribution < 1.29 is 0 Å². The van der Waals surface area contributed by atoms with Gasteiger partial charge in [0.2, 0.25) is 0 Å². The largest absolute Gasteiger partial charge is 0.383 e. The number of fused-ring (bicyclic) bond motifs is 2. The highest BCUT2D eigenvalue weighted by atomic mass is 32.2. The average molecular weight is 460 g/mol. The molecular weight excluding hydrogens is 438 g/mol. The molecule has 0 amide bonds. The van der Waals surface area contributed by atoms with Crippen molar-refractivity contribution >= 4 is 50.0 Å². The molecule has 0 saturated carbocycles. The molecule has 0 aliphatic carbocycles. The summed E-state index contributed by atoms with van der Waals surface area (Å²) in [5.41, 5.74) is 11.3. The summed E-state index contributed by atoms with van der Waals surface area (Å²) >= 11 is 2.93. The van der Waals surface area contributed by atoms with Crippen LogP contribution in [0.2, 0.25) is 0 Å². The average Bonchev–Trinajstić information content (AvgIpc) is 3.21. The highest BCUT2D eigenvalue weighted by Crippen LogP contribution is 2.33. The Morgan fingerprint density at radius 1 is 1.06 bits per heavy atom. The standard InChI is InChI=1S/C24H21N5OS2/c1-13-8-9-15(10-14(13)2)17-11-31-22-20(17)23(30)29(3)24(28-22)32-12-19-26-18-7-5-4-6-16(18)21(25)27-19/h4-11H,12H2,1-3H3,(H2,25,26,27). The summed E-state index contributed by atoms with van der Waals surface area (Å²) in [6, 6.07) is 13.9. The van der Waals surface area contributed by atoms with Crippen molar-refractivity contribution in [2.75, 3.05) is 5.73 Å². The Hall–Kier alpha value is -3.23. The lowest BCUT2D eigenvalue weighted by atomic mass is 10.0. The third-order valence-electron chi connectivity index (χ3n) is 5.60. The van der Waals surface area contributed by atoms with Gasteiger partial charge in [0.1, 0.15) is 16.5 Å². The first-order valence-electron chi connectivity index (χ1n) is 10.1. The molecule has 0 fully saturated rings. The number of para-hydroxylation sites is 1. The van der Waals surface area contributed by atoms with E-state index < -0.39 is 0 Å². The van der Waals surface area contributed by atoms with Crippen LogP contribution < -0.4 is 11.3 Å². The van der Waals surface area contributed by atoms with Gasteiger partial charge >= 0.3 is 0 Å². The lowest BCUT2D eigenvalue weighted by Gasteiger charge is -2.09. The van der Waals surface area contributed by atoms with Gasteiger partial charge in [-0.1, -0.05) is 42.1 Å². The van der Waals surface area contributed by atoms with Gasteiger partial charge in [0.05, 0.1) is 16.7 Å². The maximum atomic E-state index is 13.3. The first-order valence-corrected chi connectivity index (χ1v) is 12.0. The van der Waals surface area contributed by atoms with Crippen molar-refractivity contribution in [3.05, 3.63) is 75.1 Å². The number of aromatic nitrogens is 4. The number of nitrogen functional groups attached to an aromatic ring is 1. The van der Waals surface area contributed by atoms with Gasteiger partial charge in [-0.25, -0.2) is 15.0 Å². The molecule has 5 rings (SSSR count). The summed E-state index contributed by atoms with van der Waals surface area (Å²) < 4.78 is 1.61. The van der Waals surface area contributed by atoms with Crippen LogP contribution in [0.15, 0.2) is 57.8 Å². The van der Waals surface area contributed by atoms with Gasteiger partial charge in [-0.15, -0.1) is 11.3 Å². The van der Waals surface area contributed by atoms with E-state index in [9.17, 15) is 4.79 Å². The number of anilines is 1. The molecule has 32 heavy (non-hydrogen) atoms. The van der Waals surface area contributed by atoms with Crippen LogP contribution in [0.1, 0.15) is 17.0 Å². The number of nitrogens with two attached hydrogens (primary N) is 1. The normalized spacial score (nSPS) is 11.5. The smallest absolute Gasteiger partial charge is 0.263 e. The van der Waals surface area contributed by atoms with E-state index in [2.05, 4.69) is 42.0 Å². The number of hydrogen-bond donors (Lipinski definition) is 1. The van der Waals surface area contributed by atoms with E-state index in [0.717, 1.165) is 26.9 Å². The Morgan fingerprint density at radius 2 is 1.88 bits per heavy atom. The van der Waals surface area contributed by atoms with Crippen molar-refractivity contribution in [1.29, 1.82) is 0 Å². The van der Waals surface area contributed by atoms with Gasteiger partial charge in [0.25, 0.3) is 5.56 Å².